The van der Waals surface area contributed by atoms with Gasteiger partial charge in [-0.25, -0.2) is 9.52 Å². The molecule has 1 aromatic rings. The van der Waals surface area contributed by atoms with E-state index in [-0.39, 0.29) is 13.2 Å². The van der Waals surface area contributed by atoms with Crippen molar-refractivity contribution in [2.45, 2.75) is 13.5 Å². The van der Waals surface area contributed by atoms with Gasteiger partial charge in [0.05, 0.1) is 6.61 Å². The van der Waals surface area contributed by atoms with Gasteiger partial charge in [-0.2, -0.15) is 13.1 Å². The fourth-order valence-electron chi connectivity index (χ4n) is 1.17. The first-order chi connectivity index (χ1) is 8.44. The predicted octanol–water partition coefficient (Wildman–Crippen LogP) is 0.349. The van der Waals surface area contributed by atoms with Crippen LogP contribution in [-0.2, 0) is 21.5 Å². The summed E-state index contributed by atoms with van der Waals surface area (Å²) in [6.45, 7) is 1.65. The SMILES string of the molecule is CCOC(=O)NS(=O)(=O)NCc1ccccc1N. The standard InChI is InChI=1S/C10H15N3O4S/c1-2-17-10(14)13-18(15,16)12-7-8-5-3-4-6-9(8)11/h3-6,12H,2,7,11H2,1H3,(H,13,14). The maximum atomic E-state index is 11.4. The van der Waals surface area contributed by atoms with Crippen molar-refractivity contribution >= 4 is 22.0 Å². The van der Waals surface area contributed by atoms with Gasteiger partial charge in [0.15, 0.2) is 0 Å². The Morgan fingerprint density at radius 2 is 2.06 bits per heavy atom. The van der Waals surface area contributed by atoms with Crippen LogP contribution in [0, 0.1) is 0 Å². The van der Waals surface area contributed by atoms with Gasteiger partial charge in [0.2, 0.25) is 0 Å². The first kappa shape index (κ1) is 14.3. The van der Waals surface area contributed by atoms with E-state index in [9.17, 15) is 13.2 Å². The Bertz CT molecular complexity index is 516. The zero-order chi connectivity index (χ0) is 13.6. The van der Waals surface area contributed by atoms with Gasteiger partial charge < -0.3 is 10.5 Å². The van der Waals surface area contributed by atoms with E-state index in [1.807, 2.05) is 0 Å². The highest BCUT2D eigenvalue weighted by Crippen LogP contribution is 2.09. The number of nitrogens with two attached hydrogens (primary N) is 1. The summed E-state index contributed by atoms with van der Waals surface area (Å²) < 4.78 is 31.2. The van der Waals surface area contributed by atoms with Gasteiger partial charge in [-0.05, 0) is 18.6 Å². The molecule has 1 aromatic carbocycles. The molecule has 4 N–H and O–H groups in total. The molecule has 7 nitrogen and oxygen atoms in total. The van der Waals surface area contributed by atoms with Gasteiger partial charge in [-0.3, -0.25) is 0 Å². The van der Waals surface area contributed by atoms with E-state index in [2.05, 4.69) is 9.46 Å². The largest absolute Gasteiger partial charge is 0.449 e. The predicted molar refractivity (Wildman–Crippen MR) is 66.8 cm³/mol. The lowest BCUT2D eigenvalue weighted by Gasteiger charge is -2.09. The maximum Gasteiger partial charge on any atom is 0.421 e. The number of nitrogens with one attached hydrogen (secondary N) is 2. The number of para-hydroxylation sites is 1. The minimum Gasteiger partial charge on any atom is -0.449 e. The summed E-state index contributed by atoms with van der Waals surface area (Å²) in [5.74, 6) is 0. The number of rotatable bonds is 5. The topological polar surface area (TPSA) is 111 Å². The lowest BCUT2D eigenvalue weighted by atomic mass is 10.2. The molecule has 0 radical (unpaired) electrons. The van der Waals surface area contributed by atoms with E-state index in [1.165, 1.54) is 0 Å². The molecule has 0 atom stereocenters. The Kier molecular flexibility index (Phi) is 4.93. The summed E-state index contributed by atoms with van der Waals surface area (Å²) in [6, 6.07) is 6.81. The quantitative estimate of drug-likeness (QED) is 0.670. The van der Waals surface area contributed by atoms with Crippen molar-refractivity contribution in [3.05, 3.63) is 29.8 Å². The van der Waals surface area contributed by atoms with Crippen LogP contribution in [0.5, 0.6) is 0 Å². The lowest BCUT2D eigenvalue weighted by molar-refractivity contribution is 0.158. The molecular weight excluding hydrogens is 258 g/mol. The molecule has 0 aliphatic heterocycles. The Hall–Kier alpha value is -1.80. The fourth-order valence-corrected chi connectivity index (χ4v) is 1.87. The summed E-state index contributed by atoms with van der Waals surface area (Å²) in [5, 5.41) is 0. The molecule has 100 valence electrons. The molecule has 0 fully saturated rings. The van der Waals surface area contributed by atoms with Crippen LogP contribution in [0.3, 0.4) is 0 Å². The molecule has 0 spiro atoms. The first-order valence-corrected chi connectivity index (χ1v) is 6.70. The summed E-state index contributed by atoms with van der Waals surface area (Å²) >= 11 is 0. The molecular formula is C10H15N3O4S. The second kappa shape index (κ2) is 6.22. The van der Waals surface area contributed by atoms with E-state index < -0.39 is 16.3 Å². The van der Waals surface area contributed by atoms with E-state index in [0.29, 0.717) is 11.3 Å². The average Bonchev–Trinajstić information content (AvgIpc) is 2.27. The second-order valence-corrected chi connectivity index (χ2v) is 4.85. The van der Waals surface area contributed by atoms with Crippen LogP contribution >= 0.6 is 0 Å². The number of nitrogen functional groups attached to an aromatic ring is 1. The Balaban J connectivity index is 2.57. The van der Waals surface area contributed by atoms with Crippen LogP contribution in [0.15, 0.2) is 24.3 Å². The van der Waals surface area contributed by atoms with Crippen molar-refractivity contribution in [3.8, 4) is 0 Å². The van der Waals surface area contributed by atoms with Crippen molar-refractivity contribution in [2.75, 3.05) is 12.3 Å². The highest BCUT2D eigenvalue weighted by Gasteiger charge is 2.14. The number of hydrogen-bond acceptors (Lipinski definition) is 5. The van der Waals surface area contributed by atoms with Crippen LogP contribution in [0.4, 0.5) is 10.5 Å². The Morgan fingerprint density at radius 1 is 1.39 bits per heavy atom. The normalized spacial score (nSPS) is 10.9. The molecule has 1 amide bonds. The summed E-state index contributed by atoms with van der Waals surface area (Å²) in [5.41, 5.74) is 6.74. The van der Waals surface area contributed by atoms with Crippen LogP contribution in [0.2, 0.25) is 0 Å². The molecule has 0 aromatic heterocycles. The molecule has 18 heavy (non-hydrogen) atoms. The number of anilines is 1. The first-order valence-electron chi connectivity index (χ1n) is 5.22. The molecule has 0 bridgehead atoms. The summed E-state index contributed by atoms with van der Waals surface area (Å²) in [6.07, 6.45) is -1.02. The van der Waals surface area contributed by atoms with Crippen molar-refractivity contribution in [1.82, 2.24) is 9.44 Å². The smallest absolute Gasteiger partial charge is 0.421 e. The van der Waals surface area contributed by atoms with Crippen molar-refractivity contribution in [3.63, 3.8) is 0 Å². The van der Waals surface area contributed by atoms with Gasteiger partial charge in [0.25, 0.3) is 0 Å². The van der Waals surface area contributed by atoms with Gasteiger partial charge >= 0.3 is 16.3 Å². The van der Waals surface area contributed by atoms with E-state index in [1.54, 1.807) is 35.9 Å². The van der Waals surface area contributed by atoms with Crippen LogP contribution in [0.1, 0.15) is 12.5 Å². The fraction of sp³-hybridized carbons (Fsp3) is 0.300. The number of hydrogen-bond donors (Lipinski definition) is 3. The maximum absolute atomic E-state index is 11.4. The van der Waals surface area contributed by atoms with Gasteiger partial charge in [0.1, 0.15) is 0 Å². The van der Waals surface area contributed by atoms with Gasteiger partial charge in [-0.15, -0.1) is 0 Å². The van der Waals surface area contributed by atoms with Crippen molar-refractivity contribution in [1.29, 1.82) is 0 Å². The minimum absolute atomic E-state index is 0.0125. The third kappa shape index (κ3) is 4.60. The third-order valence-corrected chi connectivity index (χ3v) is 2.96. The summed E-state index contributed by atoms with van der Waals surface area (Å²) in [7, 11) is -3.95. The summed E-state index contributed by atoms with van der Waals surface area (Å²) in [4.78, 5) is 11.0. The van der Waals surface area contributed by atoms with E-state index in [0.717, 1.165) is 0 Å². The number of ether oxygens (including phenoxy) is 1. The zero-order valence-corrected chi connectivity index (χ0v) is 10.7. The molecule has 0 aliphatic rings. The molecule has 0 aliphatic carbocycles. The minimum atomic E-state index is -3.95. The molecule has 1 rings (SSSR count). The highest BCUT2D eigenvalue weighted by molar-refractivity contribution is 7.88. The van der Waals surface area contributed by atoms with E-state index >= 15 is 0 Å². The average molecular weight is 273 g/mol. The number of carbonyl (C=O) groups is 1. The van der Waals surface area contributed by atoms with Crippen LogP contribution in [0.25, 0.3) is 0 Å². The molecule has 0 heterocycles. The molecule has 8 heteroatoms. The van der Waals surface area contributed by atoms with E-state index in [4.69, 9.17) is 5.73 Å². The Morgan fingerprint density at radius 3 is 2.67 bits per heavy atom. The van der Waals surface area contributed by atoms with Crippen molar-refractivity contribution < 1.29 is 17.9 Å². The molecule has 0 unspecified atom stereocenters. The van der Waals surface area contributed by atoms with Crippen molar-refractivity contribution in [2.24, 2.45) is 0 Å². The zero-order valence-electron chi connectivity index (χ0n) is 9.84. The van der Waals surface area contributed by atoms with Crippen LogP contribution < -0.4 is 15.2 Å². The number of amides is 1. The van der Waals surface area contributed by atoms with Gasteiger partial charge in [0, 0.05) is 12.2 Å². The monoisotopic (exact) mass is 273 g/mol. The molecule has 0 saturated heterocycles. The second-order valence-electron chi connectivity index (χ2n) is 3.35. The number of benzene rings is 1. The highest BCUT2D eigenvalue weighted by atomic mass is 32.2. The molecule has 0 saturated carbocycles. The lowest BCUT2D eigenvalue weighted by Crippen LogP contribution is -2.40. The van der Waals surface area contributed by atoms with Crippen LogP contribution in [-0.4, -0.2) is 21.1 Å². The van der Waals surface area contributed by atoms with Gasteiger partial charge in [-0.1, -0.05) is 18.2 Å². The third-order valence-electron chi connectivity index (χ3n) is 2.00. The number of carbonyl (C=O) groups excluding carboxylic acids is 1. The Labute approximate surface area is 106 Å².